The molecular formula is C13H17ClO4. The van der Waals surface area contributed by atoms with Crippen molar-refractivity contribution < 1.29 is 19.4 Å². The fourth-order valence-corrected chi connectivity index (χ4v) is 2.33. The smallest absolute Gasteiger partial charge is 0.339 e. The van der Waals surface area contributed by atoms with Gasteiger partial charge in [0.15, 0.2) is 6.10 Å². The van der Waals surface area contributed by atoms with Crippen molar-refractivity contribution in [2.45, 2.75) is 26.9 Å². The maximum absolute atomic E-state index is 11.6. The highest BCUT2D eigenvalue weighted by molar-refractivity contribution is 6.31. The van der Waals surface area contributed by atoms with Gasteiger partial charge in [-0.3, -0.25) is 0 Å². The zero-order valence-corrected chi connectivity index (χ0v) is 11.7. The van der Waals surface area contributed by atoms with Crippen molar-refractivity contribution in [2.75, 3.05) is 13.7 Å². The highest BCUT2D eigenvalue weighted by atomic mass is 35.5. The summed E-state index contributed by atoms with van der Waals surface area (Å²) in [6, 6.07) is 1.66. The van der Waals surface area contributed by atoms with Crippen LogP contribution in [0.15, 0.2) is 6.07 Å². The number of ether oxygens (including phenoxy) is 2. The van der Waals surface area contributed by atoms with E-state index in [-0.39, 0.29) is 6.61 Å². The van der Waals surface area contributed by atoms with Gasteiger partial charge in [0, 0.05) is 10.6 Å². The van der Waals surface area contributed by atoms with E-state index in [4.69, 9.17) is 21.1 Å². The molecule has 0 radical (unpaired) electrons. The molecule has 0 bridgehead atoms. The van der Waals surface area contributed by atoms with Crippen molar-refractivity contribution >= 4 is 17.6 Å². The van der Waals surface area contributed by atoms with Crippen LogP contribution in [0.1, 0.15) is 29.7 Å². The van der Waals surface area contributed by atoms with Gasteiger partial charge in [-0.05, 0) is 38.0 Å². The number of esters is 1. The molecule has 18 heavy (non-hydrogen) atoms. The molecule has 1 rings (SSSR count). The van der Waals surface area contributed by atoms with E-state index in [0.29, 0.717) is 21.9 Å². The van der Waals surface area contributed by atoms with Crippen LogP contribution in [-0.2, 0) is 9.53 Å². The molecular weight excluding hydrogens is 256 g/mol. The van der Waals surface area contributed by atoms with E-state index in [1.165, 1.54) is 7.11 Å². The molecule has 1 N–H and O–H groups in total. The minimum absolute atomic E-state index is 0.204. The lowest BCUT2D eigenvalue weighted by Crippen LogP contribution is -2.17. The van der Waals surface area contributed by atoms with Crippen molar-refractivity contribution in [2.24, 2.45) is 0 Å². The van der Waals surface area contributed by atoms with Gasteiger partial charge in [0.2, 0.25) is 0 Å². The maximum Gasteiger partial charge on any atom is 0.339 e. The molecule has 0 saturated carbocycles. The summed E-state index contributed by atoms with van der Waals surface area (Å²) in [5, 5.41) is 10.3. The minimum atomic E-state index is -1.40. The Kier molecular flexibility index (Phi) is 4.99. The number of hydrogen-bond acceptors (Lipinski definition) is 4. The summed E-state index contributed by atoms with van der Waals surface area (Å²) in [4.78, 5) is 11.6. The topological polar surface area (TPSA) is 55.8 Å². The Labute approximate surface area is 111 Å². The molecule has 0 aliphatic heterocycles. The van der Waals surface area contributed by atoms with Crippen molar-refractivity contribution in [3.8, 4) is 5.75 Å². The number of aliphatic hydroxyl groups excluding tert-OH is 1. The molecule has 0 fully saturated rings. The Bertz CT molecular complexity index is 457. The number of rotatable bonds is 4. The standard InChI is InChI=1S/C13H17ClO4/c1-5-18-13(16)11(15)10-8(3)12(17-4)7(2)6-9(10)14/h6,11,15H,5H2,1-4H3. The van der Waals surface area contributed by atoms with Gasteiger partial charge < -0.3 is 14.6 Å². The number of carbonyl (C=O) groups is 1. The summed E-state index contributed by atoms with van der Waals surface area (Å²) in [7, 11) is 1.53. The molecule has 1 unspecified atom stereocenters. The number of benzene rings is 1. The maximum atomic E-state index is 11.6. The van der Waals surface area contributed by atoms with E-state index >= 15 is 0 Å². The van der Waals surface area contributed by atoms with Gasteiger partial charge in [0.1, 0.15) is 5.75 Å². The summed E-state index contributed by atoms with van der Waals surface area (Å²) in [6.07, 6.45) is -1.40. The van der Waals surface area contributed by atoms with E-state index in [0.717, 1.165) is 5.56 Å². The fraction of sp³-hybridized carbons (Fsp3) is 0.462. The van der Waals surface area contributed by atoms with Crippen molar-refractivity contribution in [3.05, 3.63) is 27.8 Å². The molecule has 4 nitrogen and oxygen atoms in total. The Morgan fingerprint density at radius 1 is 1.50 bits per heavy atom. The second-order valence-corrected chi connectivity index (χ2v) is 4.31. The summed E-state index contributed by atoms with van der Waals surface area (Å²) in [5.41, 5.74) is 1.82. The molecule has 1 aromatic rings. The van der Waals surface area contributed by atoms with Crippen LogP contribution in [0, 0.1) is 13.8 Å². The Morgan fingerprint density at radius 3 is 2.61 bits per heavy atom. The van der Waals surface area contributed by atoms with E-state index in [1.54, 1.807) is 19.9 Å². The van der Waals surface area contributed by atoms with Gasteiger partial charge in [-0.15, -0.1) is 0 Å². The first-order valence-electron chi connectivity index (χ1n) is 5.62. The van der Waals surface area contributed by atoms with Crippen LogP contribution in [-0.4, -0.2) is 24.8 Å². The number of methoxy groups -OCH3 is 1. The molecule has 1 aromatic carbocycles. The molecule has 5 heteroatoms. The highest BCUT2D eigenvalue weighted by Crippen LogP contribution is 2.35. The number of aliphatic hydroxyl groups is 1. The SMILES string of the molecule is CCOC(=O)C(O)c1c(Cl)cc(C)c(OC)c1C. The van der Waals surface area contributed by atoms with Crippen molar-refractivity contribution in [1.82, 2.24) is 0 Å². The molecule has 0 amide bonds. The van der Waals surface area contributed by atoms with Crippen LogP contribution in [0.3, 0.4) is 0 Å². The Balaban J connectivity index is 3.28. The highest BCUT2D eigenvalue weighted by Gasteiger charge is 2.25. The summed E-state index contributed by atoms with van der Waals surface area (Å²) >= 11 is 6.08. The molecule has 100 valence electrons. The molecule has 0 saturated heterocycles. The van der Waals surface area contributed by atoms with Crippen molar-refractivity contribution in [3.63, 3.8) is 0 Å². The normalized spacial score (nSPS) is 12.1. The van der Waals surface area contributed by atoms with Gasteiger partial charge in [-0.25, -0.2) is 4.79 Å². The third-order valence-electron chi connectivity index (χ3n) is 2.69. The Morgan fingerprint density at radius 2 is 2.11 bits per heavy atom. The van der Waals surface area contributed by atoms with Crippen LogP contribution in [0.4, 0.5) is 0 Å². The van der Waals surface area contributed by atoms with Crippen LogP contribution >= 0.6 is 11.6 Å². The van der Waals surface area contributed by atoms with Gasteiger partial charge in [0.05, 0.1) is 13.7 Å². The van der Waals surface area contributed by atoms with Crippen LogP contribution < -0.4 is 4.74 Å². The van der Waals surface area contributed by atoms with E-state index in [2.05, 4.69) is 0 Å². The largest absolute Gasteiger partial charge is 0.496 e. The third-order valence-corrected chi connectivity index (χ3v) is 3.00. The lowest BCUT2D eigenvalue weighted by atomic mass is 9.99. The zero-order chi connectivity index (χ0) is 13.9. The lowest BCUT2D eigenvalue weighted by Gasteiger charge is -2.18. The van der Waals surface area contributed by atoms with Gasteiger partial charge in [0.25, 0.3) is 0 Å². The lowest BCUT2D eigenvalue weighted by molar-refractivity contribution is -0.153. The van der Waals surface area contributed by atoms with E-state index < -0.39 is 12.1 Å². The quantitative estimate of drug-likeness (QED) is 0.856. The van der Waals surface area contributed by atoms with Crippen LogP contribution in [0.2, 0.25) is 5.02 Å². The monoisotopic (exact) mass is 272 g/mol. The van der Waals surface area contributed by atoms with E-state index in [9.17, 15) is 9.90 Å². The van der Waals surface area contributed by atoms with Gasteiger partial charge in [-0.2, -0.15) is 0 Å². The Hall–Kier alpha value is -1.26. The second-order valence-electron chi connectivity index (χ2n) is 3.90. The predicted octanol–water partition coefficient (Wildman–Crippen LogP) is 2.56. The number of aryl methyl sites for hydroxylation is 1. The average molecular weight is 273 g/mol. The molecule has 0 aliphatic carbocycles. The molecule has 0 aromatic heterocycles. The van der Waals surface area contributed by atoms with Crippen LogP contribution in [0.25, 0.3) is 0 Å². The zero-order valence-electron chi connectivity index (χ0n) is 10.9. The first-order valence-corrected chi connectivity index (χ1v) is 6.00. The van der Waals surface area contributed by atoms with Gasteiger partial charge >= 0.3 is 5.97 Å². The predicted molar refractivity (Wildman–Crippen MR) is 69.1 cm³/mol. The van der Waals surface area contributed by atoms with Gasteiger partial charge in [-0.1, -0.05) is 11.6 Å². The molecule has 0 aliphatic rings. The number of halogens is 1. The van der Waals surface area contributed by atoms with Crippen LogP contribution in [0.5, 0.6) is 5.75 Å². The molecule has 1 atom stereocenters. The average Bonchev–Trinajstić information content (AvgIpc) is 2.29. The fourth-order valence-electron chi connectivity index (χ4n) is 1.92. The van der Waals surface area contributed by atoms with E-state index in [1.807, 2.05) is 6.92 Å². The first-order chi connectivity index (χ1) is 8.43. The summed E-state index contributed by atoms with van der Waals surface area (Å²) in [6.45, 7) is 5.47. The third kappa shape index (κ3) is 2.76. The molecule has 0 spiro atoms. The summed E-state index contributed by atoms with van der Waals surface area (Å²) in [5.74, 6) is -0.105. The van der Waals surface area contributed by atoms with Crippen molar-refractivity contribution in [1.29, 1.82) is 0 Å². The minimum Gasteiger partial charge on any atom is -0.496 e. The number of carbonyl (C=O) groups excluding carboxylic acids is 1. The summed E-state index contributed by atoms with van der Waals surface area (Å²) < 4.78 is 10.0. The second kappa shape index (κ2) is 6.07. The number of hydrogen-bond donors (Lipinski definition) is 1. The first kappa shape index (κ1) is 14.8. The molecule has 0 heterocycles.